The maximum absolute atomic E-state index is 13.8. The van der Waals surface area contributed by atoms with Gasteiger partial charge >= 0.3 is 12.1 Å². The molecule has 0 saturated carbocycles. The summed E-state index contributed by atoms with van der Waals surface area (Å²) in [6, 6.07) is 8.39. The number of hydrogen-bond donors (Lipinski definition) is 2. The number of amides is 4. The van der Waals surface area contributed by atoms with Crippen LogP contribution in [0.1, 0.15) is 49.3 Å². The Morgan fingerprint density at radius 1 is 1.03 bits per heavy atom. The number of nitrogens with zero attached hydrogens (tertiary/aromatic N) is 2. The molecule has 4 rings (SSSR count). The highest BCUT2D eigenvalue weighted by Gasteiger charge is 2.38. The monoisotopic (exact) mass is 488 g/mol. The van der Waals surface area contributed by atoms with Crippen molar-refractivity contribution in [1.29, 1.82) is 0 Å². The molecule has 2 aliphatic heterocycles. The van der Waals surface area contributed by atoms with Gasteiger partial charge in [-0.05, 0) is 86.1 Å². The molecule has 6 nitrogen and oxygen atoms in total. The summed E-state index contributed by atoms with van der Waals surface area (Å²) in [5.41, 5.74) is 1.55. The molecule has 2 N–H and O–H groups in total. The summed E-state index contributed by atoms with van der Waals surface area (Å²) in [5, 5.41) is 5.49. The lowest BCUT2D eigenvalue weighted by Crippen LogP contribution is -2.57. The van der Waals surface area contributed by atoms with E-state index in [0.29, 0.717) is 31.0 Å². The highest BCUT2D eigenvalue weighted by molar-refractivity contribution is 5.94. The van der Waals surface area contributed by atoms with E-state index < -0.39 is 29.7 Å². The second-order valence-electron chi connectivity index (χ2n) is 9.40. The molecule has 2 saturated heterocycles. The molecule has 2 aliphatic rings. The first kappa shape index (κ1) is 25.0. The molecule has 0 aromatic heterocycles. The van der Waals surface area contributed by atoms with Crippen LogP contribution in [0.15, 0.2) is 42.5 Å². The molecule has 0 spiro atoms. The second-order valence-corrected chi connectivity index (χ2v) is 9.40. The first-order valence-electron chi connectivity index (χ1n) is 12.1. The minimum absolute atomic E-state index is 0.175. The van der Waals surface area contributed by atoms with Crippen LogP contribution in [-0.2, 0) is 0 Å². The van der Waals surface area contributed by atoms with Gasteiger partial charge in [-0.2, -0.15) is 0 Å². The van der Waals surface area contributed by atoms with E-state index in [1.807, 2.05) is 19.1 Å². The van der Waals surface area contributed by atoms with E-state index in [1.165, 1.54) is 23.8 Å². The zero-order chi connectivity index (χ0) is 24.9. The fraction of sp³-hybridized carbons (Fsp3) is 0.462. The number of imide groups is 1. The Kier molecular flexibility index (Phi) is 7.95. The maximum Gasteiger partial charge on any atom is 0.326 e. The highest BCUT2D eigenvalue weighted by atomic mass is 19.2. The molecule has 4 amide bonds. The van der Waals surface area contributed by atoms with Gasteiger partial charge in [0, 0.05) is 13.1 Å². The van der Waals surface area contributed by atoms with Gasteiger partial charge in [0.1, 0.15) is 5.82 Å². The van der Waals surface area contributed by atoms with Gasteiger partial charge in [0.2, 0.25) is 0 Å². The van der Waals surface area contributed by atoms with E-state index in [4.69, 9.17) is 0 Å². The van der Waals surface area contributed by atoms with E-state index in [1.54, 1.807) is 0 Å². The summed E-state index contributed by atoms with van der Waals surface area (Å²) in [6.07, 6.45) is 2.72. The Morgan fingerprint density at radius 3 is 2.40 bits per heavy atom. The quantitative estimate of drug-likeness (QED) is 0.575. The minimum Gasteiger partial charge on any atom is -0.338 e. The van der Waals surface area contributed by atoms with Crippen LogP contribution in [0.3, 0.4) is 0 Å². The average Bonchev–Trinajstić information content (AvgIpc) is 2.85. The van der Waals surface area contributed by atoms with Gasteiger partial charge in [-0.1, -0.05) is 25.1 Å². The molecule has 2 aromatic rings. The third kappa shape index (κ3) is 5.96. The van der Waals surface area contributed by atoms with E-state index >= 15 is 0 Å². The van der Waals surface area contributed by atoms with Crippen molar-refractivity contribution in [3.63, 3.8) is 0 Å². The molecule has 188 valence electrons. The second kappa shape index (κ2) is 11.1. The smallest absolute Gasteiger partial charge is 0.326 e. The van der Waals surface area contributed by atoms with Crippen LogP contribution >= 0.6 is 0 Å². The summed E-state index contributed by atoms with van der Waals surface area (Å²) < 4.78 is 40.4. The Labute approximate surface area is 203 Å². The summed E-state index contributed by atoms with van der Waals surface area (Å²) in [6.45, 7) is 5.24. The van der Waals surface area contributed by atoms with E-state index in [2.05, 4.69) is 15.5 Å². The van der Waals surface area contributed by atoms with E-state index in [-0.39, 0.29) is 11.7 Å². The molecule has 2 heterocycles. The van der Waals surface area contributed by atoms with Gasteiger partial charge in [-0.25, -0.2) is 27.7 Å². The molecule has 2 fully saturated rings. The SMILES string of the molecule is C[C@@H]1CNC(=O)N(C(=O)NCCCN2CCC(c3ccc(F)cc3)CC2)[C@@H]1c1ccc(F)c(F)c1. The Morgan fingerprint density at radius 2 is 1.71 bits per heavy atom. The summed E-state index contributed by atoms with van der Waals surface area (Å²) in [7, 11) is 0. The fourth-order valence-electron chi connectivity index (χ4n) is 5.03. The molecule has 0 aliphatic carbocycles. The summed E-state index contributed by atoms with van der Waals surface area (Å²) in [5.74, 6) is -1.95. The lowest BCUT2D eigenvalue weighted by molar-refractivity contribution is 0.134. The zero-order valence-electron chi connectivity index (χ0n) is 19.8. The van der Waals surface area contributed by atoms with Gasteiger partial charge in [-0.15, -0.1) is 0 Å². The minimum atomic E-state index is -1.01. The topological polar surface area (TPSA) is 64.7 Å². The number of rotatable bonds is 6. The molecular weight excluding hydrogens is 457 g/mol. The van der Waals surface area contributed by atoms with Crippen molar-refractivity contribution in [1.82, 2.24) is 20.4 Å². The van der Waals surface area contributed by atoms with Crippen molar-refractivity contribution in [2.45, 2.75) is 38.1 Å². The first-order chi connectivity index (χ1) is 16.8. The molecule has 2 aromatic carbocycles. The Hall–Kier alpha value is -3.07. The third-order valence-corrected chi connectivity index (χ3v) is 6.97. The lowest BCUT2D eigenvalue weighted by atomic mass is 9.89. The lowest BCUT2D eigenvalue weighted by Gasteiger charge is -2.39. The number of piperidine rings is 1. The zero-order valence-corrected chi connectivity index (χ0v) is 19.8. The number of carbonyl (C=O) groups excluding carboxylic acids is 2. The van der Waals surface area contributed by atoms with Gasteiger partial charge < -0.3 is 15.5 Å². The predicted molar refractivity (Wildman–Crippen MR) is 126 cm³/mol. The van der Waals surface area contributed by atoms with Crippen LogP contribution in [0.25, 0.3) is 0 Å². The van der Waals surface area contributed by atoms with Gasteiger partial charge in [0.25, 0.3) is 0 Å². The van der Waals surface area contributed by atoms with Crippen molar-refractivity contribution in [3.8, 4) is 0 Å². The molecule has 9 heteroatoms. The van der Waals surface area contributed by atoms with Crippen molar-refractivity contribution < 1.29 is 22.8 Å². The Bertz CT molecular complexity index is 1040. The van der Waals surface area contributed by atoms with E-state index in [9.17, 15) is 22.8 Å². The molecule has 0 bridgehead atoms. The van der Waals surface area contributed by atoms with Crippen molar-refractivity contribution in [2.75, 3.05) is 32.7 Å². The van der Waals surface area contributed by atoms with Crippen molar-refractivity contribution in [3.05, 3.63) is 71.0 Å². The van der Waals surface area contributed by atoms with Crippen LogP contribution in [-0.4, -0.2) is 54.6 Å². The van der Waals surface area contributed by atoms with Crippen LogP contribution in [0, 0.1) is 23.4 Å². The van der Waals surface area contributed by atoms with Crippen LogP contribution in [0.4, 0.5) is 22.8 Å². The number of nitrogens with one attached hydrogen (secondary N) is 2. The van der Waals surface area contributed by atoms with Crippen LogP contribution in [0.2, 0.25) is 0 Å². The van der Waals surface area contributed by atoms with Crippen LogP contribution in [0.5, 0.6) is 0 Å². The predicted octanol–water partition coefficient (Wildman–Crippen LogP) is 4.79. The highest BCUT2D eigenvalue weighted by Crippen LogP contribution is 2.32. The van der Waals surface area contributed by atoms with Gasteiger partial charge in [-0.3, -0.25) is 0 Å². The molecule has 2 atom stereocenters. The van der Waals surface area contributed by atoms with Crippen molar-refractivity contribution in [2.24, 2.45) is 5.92 Å². The van der Waals surface area contributed by atoms with Gasteiger partial charge in [0.05, 0.1) is 6.04 Å². The molecular formula is C26H31F3N4O2. The van der Waals surface area contributed by atoms with Crippen LogP contribution < -0.4 is 10.6 Å². The van der Waals surface area contributed by atoms with E-state index in [0.717, 1.165) is 49.5 Å². The molecule has 0 unspecified atom stereocenters. The number of halogens is 3. The Balaban J connectivity index is 1.27. The maximum atomic E-state index is 13.8. The number of benzene rings is 2. The number of carbonyl (C=O) groups is 2. The van der Waals surface area contributed by atoms with Crippen molar-refractivity contribution >= 4 is 12.1 Å². The fourth-order valence-corrected chi connectivity index (χ4v) is 5.03. The summed E-state index contributed by atoms with van der Waals surface area (Å²) >= 11 is 0. The number of hydrogen-bond acceptors (Lipinski definition) is 3. The summed E-state index contributed by atoms with van der Waals surface area (Å²) in [4.78, 5) is 28.8. The largest absolute Gasteiger partial charge is 0.338 e. The standard InChI is InChI=1S/C26H31F3N4O2/c1-17-16-31-26(35)33(24(17)20-5-8-22(28)23(29)15-20)25(34)30-11-2-12-32-13-9-19(10-14-32)18-3-6-21(27)7-4-18/h3-8,15,17,19,24H,2,9-14,16H2,1H3,(H,30,34)(H,31,35)/t17-,24+/m1/s1. The first-order valence-corrected chi connectivity index (χ1v) is 12.1. The normalized spacial score (nSPS) is 21.6. The number of likely N-dealkylation sites (tertiary alicyclic amines) is 1. The third-order valence-electron chi connectivity index (χ3n) is 6.97. The van der Waals surface area contributed by atoms with Gasteiger partial charge in [0.15, 0.2) is 11.6 Å². The average molecular weight is 489 g/mol. The molecule has 0 radical (unpaired) electrons. The molecule has 35 heavy (non-hydrogen) atoms. The number of urea groups is 2.